The minimum absolute atomic E-state index is 0.00301. The van der Waals surface area contributed by atoms with Crippen LogP contribution in [0.25, 0.3) is 0 Å². The van der Waals surface area contributed by atoms with Gasteiger partial charge < -0.3 is 0 Å². The van der Waals surface area contributed by atoms with Crippen LogP contribution < -0.4 is 4.48 Å². The highest BCUT2D eigenvalue weighted by molar-refractivity contribution is 7.86. The quantitative estimate of drug-likeness (QED) is 0.187. The van der Waals surface area contributed by atoms with Gasteiger partial charge in [0.15, 0.2) is 5.78 Å². The minimum atomic E-state index is -5.84. The number of nitrogens with zero attached hydrogens (tertiary/aromatic N) is 1. The van der Waals surface area contributed by atoms with E-state index in [1.165, 1.54) is 12.1 Å². The van der Waals surface area contributed by atoms with Crippen molar-refractivity contribution in [3.63, 3.8) is 0 Å². The lowest BCUT2D eigenvalue weighted by Gasteiger charge is -2.23. The number of alkyl halides is 9. The summed E-state index contributed by atoms with van der Waals surface area (Å²) in [4.78, 5) is 12.4. The summed E-state index contributed by atoms with van der Waals surface area (Å²) in [7, 11) is -0.218. The summed E-state index contributed by atoms with van der Waals surface area (Å²) in [6.07, 6.45) is -9.99. The molecule has 0 unspecified atom stereocenters. The van der Waals surface area contributed by atoms with E-state index in [0.717, 1.165) is 5.69 Å². The van der Waals surface area contributed by atoms with E-state index >= 15 is 0 Å². The summed E-state index contributed by atoms with van der Waals surface area (Å²) in [5, 5.41) is 0. The summed E-state index contributed by atoms with van der Waals surface area (Å²) in [5.74, 6) is -0.908. The number of carbonyl (C=O) groups is 1. The molecule has 0 saturated carbocycles. The van der Waals surface area contributed by atoms with E-state index in [-0.39, 0.29) is 11.6 Å². The van der Waals surface area contributed by atoms with Gasteiger partial charge in [0.25, 0.3) is 0 Å². The number of quaternary nitrogens is 1. The Morgan fingerprint density at radius 3 is 1.35 bits per heavy atom. The Hall–Kier alpha value is -2.65. The standard InChI is InChI=1S/C18H16F6NO.CHF3O3S/c1-25(2,3)15-6-4-11(5-7-15)16(26)12-8-13(17(19,20)21)10-14(9-12)18(22,23)24;2-1(3,4)8(5,6)7/h4-10H,1-3H3;(H,5,6,7)/q+1;. The van der Waals surface area contributed by atoms with E-state index in [2.05, 4.69) is 0 Å². The predicted octanol–water partition coefficient (Wildman–Crippen LogP) is 5.55. The number of carbonyl (C=O) groups excluding carboxylic acids is 1. The third-order valence-electron chi connectivity index (χ3n) is 4.05. The van der Waals surface area contributed by atoms with Gasteiger partial charge in [0.2, 0.25) is 0 Å². The average molecular weight is 526 g/mol. The lowest BCUT2D eigenvalue weighted by molar-refractivity contribution is -0.143. The molecule has 190 valence electrons. The van der Waals surface area contributed by atoms with Gasteiger partial charge in [-0.3, -0.25) is 13.8 Å². The zero-order valence-electron chi connectivity index (χ0n) is 17.5. The first kappa shape index (κ1) is 29.4. The van der Waals surface area contributed by atoms with Crippen molar-refractivity contribution in [1.82, 2.24) is 4.48 Å². The molecule has 0 aliphatic carbocycles. The van der Waals surface area contributed by atoms with E-state index in [4.69, 9.17) is 13.0 Å². The van der Waals surface area contributed by atoms with E-state index in [9.17, 15) is 44.3 Å². The molecule has 34 heavy (non-hydrogen) atoms. The minimum Gasteiger partial charge on any atom is -0.298 e. The van der Waals surface area contributed by atoms with Gasteiger partial charge in [0.1, 0.15) is 5.69 Å². The first-order chi connectivity index (χ1) is 14.9. The van der Waals surface area contributed by atoms with E-state index in [1.54, 1.807) is 12.1 Å². The molecule has 0 saturated heterocycles. The summed E-state index contributed by atoms with van der Waals surface area (Å²) in [5.41, 5.74) is -8.40. The van der Waals surface area contributed by atoms with Gasteiger partial charge in [0, 0.05) is 11.1 Å². The van der Waals surface area contributed by atoms with Crippen LogP contribution in [0.5, 0.6) is 0 Å². The van der Waals surface area contributed by atoms with Crippen LogP contribution in [-0.2, 0) is 22.5 Å². The lowest BCUT2D eigenvalue weighted by Crippen LogP contribution is -2.34. The Morgan fingerprint density at radius 2 is 1.09 bits per heavy atom. The molecule has 0 aliphatic rings. The summed E-state index contributed by atoms with van der Waals surface area (Å²) in [6.45, 7) is 0. The molecule has 0 amide bonds. The molecule has 15 heteroatoms. The maximum Gasteiger partial charge on any atom is 0.522 e. The summed E-state index contributed by atoms with van der Waals surface area (Å²) < 4.78 is 135. The molecule has 0 spiro atoms. The van der Waals surface area contributed by atoms with Crippen molar-refractivity contribution in [2.24, 2.45) is 0 Å². The zero-order chi connectivity index (χ0) is 26.9. The van der Waals surface area contributed by atoms with Crippen molar-refractivity contribution in [1.29, 1.82) is 0 Å². The highest BCUT2D eigenvalue weighted by Crippen LogP contribution is 2.36. The van der Waals surface area contributed by atoms with Gasteiger partial charge in [-0.15, -0.1) is 0 Å². The van der Waals surface area contributed by atoms with E-state index < -0.39 is 50.5 Å². The SMILES string of the molecule is C[N+](C)(C)c1ccc(C(=O)c2cc(C(F)(F)F)cc(C(F)(F)F)c2)cc1.O=S(=O)(O)C(F)(F)F. The van der Waals surface area contributed by atoms with Crippen molar-refractivity contribution in [3.8, 4) is 0 Å². The average Bonchev–Trinajstić information content (AvgIpc) is 2.64. The molecule has 2 aromatic rings. The molecule has 0 heterocycles. The van der Waals surface area contributed by atoms with Gasteiger partial charge in [-0.1, -0.05) is 0 Å². The molecule has 0 bridgehead atoms. The van der Waals surface area contributed by atoms with Crippen LogP contribution in [0, 0.1) is 0 Å². The Kier molecular flexibility index (Phi) is 8.24. The Morgan fingerprint density at radius 1 is 0.735 bits per heavy atom. The Balaban J connectivity index is 0.000000620. The fraction of sp³-hybridized carbons (Fsp3) is 0.316. The zero-order valence-corrected chi connectivity index (χ0v) is 18.3. The smallest absolute Gasteiger partial charge is 0.298 e. The molecule has 2 rings (SSSR count). The number of hydrogen-bond acceptors (Lipinski definition) is 3. The van der Waals surface area contributed by atoms with Gasteiger partial charge in [-0.05, 0) is 42.5 Å². The van der Waals surface area contributed by atoms with Gasteiger partial charge in [0.05, 0.1) is 32.3 Å². The summed E-state index contributed by atoms with van der Waals surface area (Å²) in [6, 6.07) is 6.84. The number of halogens is 9. The van der Waals surface area contributed by atoms with Crippen LogP contribution in [0.15, 0.2) is 42.5 Å². The number of ketones is 1. The second kappa shape index (κ2) is 9.54. The topological polar surface area (TPSA) is 71.4 Å². The lowest BCUT2D eigenvalue weighted by atomic mass is 9.98. The molecular weight excluding hydrogens is 509 g/mol. The third kappa shape index (κ3) is 7.99. The van der Waals surface area contributed by atoms with Crippen LogP contribution in [0.3, 0.4) is 0 Å². The van der Waals surface area contributed by atoms with Crippen LogP contribution in [0.4, 0.5) is 45.2 Å². The van der Waals surface area contributed by atoms with Crippen molar-refractivity contribution >= 4 is 21.6 Å². The molecule has 2 aromatic carbocycles. The van der Waals surface area contributed by atoms with Gasteiger partial charge in [-0.2, -0.15) is 47.9 Å². The number of benzene rings is 2. The first-order valence-corrected chi connectivity index (χ1v) is 10.2. The second-order valence-corrected chi connectivity index (χ2v) is 9.02. The van der Waals surface area contributed by atoms with Crippen molar-refractivity contribution in [3.05, 3.63) is 64.7 Å². The number of rotatable bonds is 3. The monoisotopic (exact) mass is 526 g/mol. The normalized spacial score (nSPS) is 13.2. The van der Waals surface area contributed by atoms with Crippen LogP contribution in [-0.4, -0.2) is 45.4 Å². The first-order valence-electron chi connectivity index (χ1n) is 8.74. The fourth-order valence-electron chi connectivity index (χ4n) is 2.31. The fourth-order valence-corrected chi connectivity index (χ4v) is 2.31. The third-order valence-corrected chi connectivity index (χ3v) is 4.63. The molecule has 0 atom stereocenters. The largest absolute Gasteiger partial charge is 0.522 e. The highest BCUT2D eigenvalue weighted by atomic mass is 32.2. The molecule has 0 radical (unpaired) electrons. The predicted molar refractivity (Wildman–Crippen MR) is 103 cm³/mol. The van der Waals surface area contributed by atoms with E-state index in [0.29, 0.717) is 16.6 Å². The highest BCUT2D eigenvalue weighted by Gasteiger charge is 2.44. The summed E-state index contributed by atoms with van der Waals surface area (Å²) >= 11 is 0. The van der Waals surface area contributed by atoms with E-state index in [1.807, 2.05) is 21.1 Å². The van der Waals surface area contributed by atoms with Crippen molar-refractivity contribution in [2.45, 2.75) is 17.9 Å². The van der Waals surface area contributed by atoms with Crippen molar-refractivity contribution in [2.75, 3.05) is 21.1 Å². The second-order valence-electron chi connectivity index (χ2n) is 7.60. The molecule has 0 fully saturated rings. The maximum absolute atomic E-state index is 12.9. The molecule has 5 nitrogen and oxygen atoms in total. The van der Waals surface area contributed by atoms with Gasteiger partial charge >= 0.3 is 28.0 Å². The Bertz CT molecular complexity index is 1100. The van der Waals surface area contributed by atoms with Crippen LogP contribution >= 0.6 is 0 Å². The molecule has 0 aliphatic heterocycles. The van der Waals surface area contributed by atoms with Crippen LogP contribution in [0.1, 0.15) is 27.0 Å². The van der Waals surface area contributed by atoms with Gasteiger partial charge in [-0.25, -0.2) is 0 Å². The maximum atomic E-state index is 12.9. The molecule has 0 aromatic heterocycles. The van der Waals surface area contributed by atoms with Crippen LogP contribution in [0.2, 0.25) is 0 Å². The number of hydrogen-bond donors (Lipinski definition) is 1. The molecule has 1 N–H and O–H groups in total. The van der Waals surface area contributed by atoms with Crippen molar-refractivity contribution < 1.29 is 57.3 Å². The molecular formula is C19H17F9NO4S+. The Labute approximate surface area is 187 Å².